The molecule has 0 aliphatic heterocycles. The lowest BCUT2D eigenvalue weighted by molar-refractivity contribution is 0.559. The molecule has 0 unspecified atom stereocenters. The maximum Gasteiger partial charge on any atom is 0.195 e. The Morgan fingerprint density at radius 3 is 1.60 bits per heavy atom. The van der Waals surface area contributed by atoms with E-state index in [4.69, 9.17) is 0 Å². The third-order valence-electron chi connectivity index (χ3n) is 2.70. The van der Waals surface area contributed by atoms with E-state index in [1.165, 1.54) is 18.1 Å². The minimum absolute atomic E-state index is 0.747. The number of rotatable bonds is 5. The molecule has 0 aromatic carbocycles. The van der Waals surface area contributed by atoms with Gasteiger partial charge in [0.1, 0.15) is 0 Å². The second-order valence-electron chi connectivity index (χ2n) is 2.88. The largest absolute Gasteiger partial charge is 0.291 e. The molecule has 0 bridgehead atoms. The van der Waals surface area contributed by atoms with Gasteiger partial charge in [0.25, 0.3) is 0 Å². The van der Waals surface area contributed by atoms with Gasteiger partial charge in [-0.25, -0.2) is 0 Å². The molecule has 0 aromatic heterocycles. The Morgan fingerprint density at radius 1 is 1.10 bits per heavy atom. The van der Waals surface area contributed by atoms with Crippen molar-refractivity contribution >= 4 is 14.4 Å². The summed E-state index contributed by atoms with van der Waals surface area (Å²) in [5.74, 6) is 0. The van der Waals surface area contributed by atoms with E-state index in [9.17, 15) is 4.79 Å². The van der Waals surface area contributed by atoms with Gasteiger partial charge in [-0.1, -0.05) is 38.9 Å². The maximum atomic E-state index is 10.2. The summed E-state index contributed by atoms with van der Waals surface area (Å²) < 4.78 is 0. The molecule has 0 aliphatic rings. The molecule has 0 amide bonds. The summed E-state index contributed by atoms with van der Waals surface area (Å²) in [6, 6.07) is 4.44. The molecule has 10 heavy (non-hydrogen) atoms. The van der Waals surface area contributed by atoms with Crippen LogP contribution in [0.4, 0.5) is 0 Å². The summed E-state index contributed by atoms with van der Waals surface area (Å²) >= 11 is 0. The highest BCUT2D eigenvalue weighted by Gasteiger charge is 2.25. The lowest BCUT2D eigenvalue weighted by Crippen LogP contribution is -2.31. The predicted octanol–water partition coefficient (Wildman–Crippen LogP) is 2.60. The van der Waals surface area contributed by atoms with Crippen LogP contribution in [-0.4, -0.2) is 14.4 Å². The molecular formula is C8H17OSi. The van der Waals surface area contributed by atoms with Crippen LogP contribution in [-0.2, 0) is 4.79 Å². The van der Waals surface area contributed by atoms with Crippen LogP contribution in [0.2, 0.25) is 24.2 Å². The van der Waals surface area contributed by atoms with Crippen LogP contribution in [0.15, 0.2) is 0 Å². The molecule has 0 saturated heterocycles. The van der Waals surface area contributed by atoms with Crippen molar-refractivity contribution in [1.29, 1.82) is 0 Å². The number of carbonyl (C=O) groups excluding carboxylic acids is 1. The van der Waals surface area contributed by atoms with Gasteiger partial charge in [0.15, 0.2) is 6.29 Å². The molecule has 2 heteroatoms. The summed E-state index contributed by atoms with van der Waals surface area (Å²) in [6.45, 7) is 6.61. The topological polar surface area (TPSA) is 17.1 Å². The van der Waals surface area contributed by atoms with Crippen LogP contribution >= 0.6 is 0 Å². The Balaban J connectivity index is 4.00. The van der Waals surface area contributed by atoms with Gasteiger partial charge in [0, 0.05) is 6.04 Å². The van der Waals surface area contributed by atoms with E-state index in [1.54, 1.807) is 0 Å². The fourth-order valence-corrected chi connectivity index (χ4v) is 3.83. The van der Waals surface area contributed by atoms with Crippen molar-refractivity contribution in [2.24, 2.45) is 0 Å². The standard InChI is InChI=1S/C8H17OSi/c1-4-10(5-2,6-3)8-7-9/h4-6,8H2,1-3H3. The molecule has 0 rings (SSSR count). The second-order valence-corrected chi connectivity index (χ2v) is 8.36. The molecule has 1 nitrogen and oxygen atoms in total. The van der Waals surface area contributed by atoms with Crippen LogP contribution in [0, 0.1) is 0 Å². The van der Waals surface area contributed by atoms with Gasteiger partial charge in [-0.2, -0.15) is 0 Å². The smallest absolute Gasteiger partial charge is 0.195 e. The van der Waals surface area contributed by atoms with Crippen molar-refractivity contribution in [3.63, 3.8) is 0 Å². The first-order chi connectivity index (χ1) is 4.74. The zero-order valence-corrected chi connectivity index (χ0v) is 8.24. The predicted molar refractivity (Wildman–Crippen MR) is 47.7 cm³/mol. The molecule has 0 aliphatic carbocycles. The van der Waals surface area contributed by atoms with E-state index in [0.717, 1.165) is 6.04 Å². The molecular weight excluding hydrogens is 140 g/mol. The maximum absolute atomic E-state index is 10.2. The quantitative estimate of drug-likeness (QED) is 0.561. The molecule has 0 aromatic rings. The molecule has 0 saturated carbocycles. The lowest BCUT2D eigenvalue weighted by atomic mass is 10.9. The fraction of sp³-hybridized carbons (Fsp3) is 0.875. The number of hydrogen-bond acceptors (Lipinski definition) is 1. The Kier molecular flexibility index (Phi) is 4.61. The first-order valence-corrected chi connectivity index (χ1v) is 6.92. The highest BCUT2D eigenvalue weighted by Crippen LogP contribution is 2.23. The molecule has 0 fully saturated rings. The van der Waals surface area contributed by atoms with Crippen molar-refractivity contribution in [3.05, 3.63) is 0 Å². The molecule has 59 valence electrons. The molecule has 1 radical (unpaired) electrons. The van der Waals surface area contributed by atoms with Gasteiger partial charge in [-0.15, -0.1) is 0 Å². The lowest BCUT2D eigenvalue weighted by Gasteiger charge is -2.24. The fourth-order valence-electron chi connectivity index (χ4n) is 1.28. The summed E-state index contributed by atoms with van der Waals surface area (Å²) in [5, 5.41) is 0. The van der Waals surface area contributed by atoms with Crippen molar-refractivity contribution in [3.8, 4) is 0 Å². The third kappa shape index (κ3) is 2.25. The zero-order chi connectivity index (χ0) is 8.04. The minimum atomic E-state index is -1.14. The van der Waals surface area contributed by atoms with E-state index < -0.39 is 8.07 Å². The Morgan fingerprint density at radius 2 is 1.50 bits per heavy atom. The Labute approximate surface area is 64.8 Å². The number of hydrogen-bond donors (Lipinski definition) is 0. The summed E-state index contributed by atoms with van der Waals surface area (Å²) in [6.07, 6.45) is 2.07. The molecule has 0 atom stereocenters. The first kappa shape index (κ1) is 9.89. The highest BCUT2D eigenvalue weighted by molar-refractivity contribution is 6.81. The van der Waals surface area contributed by atoms with Gasteiger partial charge in [0.2, 0.25) is 0 Å². The third-order valence-corrected chi connectivity index (χ3v) is 8.09. The zero-order valence-electron chi connectivity index (χ0n) is 7.24. The van der Waals surface area contributed by atoms with Gasteiger partial charge in [-0.05, 0) is 0 Å². The second kappa shape index (κ2) is 4.66. The molecule has 0 N–H and O–H groups in total. The summed E-state index contributed by atoms with van der Waals surface area (Å²) in [7, 11) is -1.14. The van der Waals surface area contributed by atoms with E-state index >= 15 is 0 Å². The van der Waals surface area contributed by atoms with Crippen molar-refractivity contribution in [1.82, 2.24) is 0 Å². The Hall–Kier alpha value is -0.113. The van der Waals surface area contributed by atoms with Crippen LogP contribution in [0.1, 0.15) is 20.8 Å². The van der Waals surface area contributed by atoms with Crippen LogP contribution in [0.5, 0.6) is 0 Å². The minimum Gasteiger partial charge on any atom is -0.291 e. The van der Waals surface area contributed by atoms with Crippen molar-refractivity contribution < 1.29 is 4.79 Å². The van der Waals surface area contributed by atoms with Crippen LogP contribution in [0.3, 0.4) is 0 Å². The van der Waals surface area contributed by atoms with E-state index in [0.29, 0.717) is 0 Å². The van der Waals surface area contributed by atoms with Crippen molar-refractivity contribution in [2.45, 2.75) is 44.9 Å². The van der Waals surface area contributed by atoms with E-state index in [1.807, 2.05) is 0 Å². The van der Waals surface area contributed by atoms with Gasteiger partial charge in [-0.3, -0.25) is 4.79 Å². The molecule has 0 spiro atoms. The van der Waals surface area contributed by atoms with Crippen LogP contribution < -0.4 is 0 Å². The van der Waals surface area contributed by atoms with Crippen molar-refractivity contribution in [2.75, 3.05) is 0 Å². The van der Waals surface area contributed by atoms with Crippen LogP contribution in [0.25, 0.3) is 0 Å². The van der Waals surface area contributed by atoms with Gasteiger partial charge in [0.05, 0.1) is 8.07 Å². The van der Waals surface area contributed by atoms with Gasteiger partial charge < -0.3 is 0 Å². The van der Waals surface area contributed by atoms with E-state index in [2.05, 4.69) is 27.1 Å². The summed E-state index contributed by atoms with van der Waals surface area (Å²) in [5.41, 5.74) is 0. The summed E-state index contributed by atoms with van der Waals surface area (Å²) in [4.78, 5) is 10.2. The average molecular weight is 157 g/mol. The van der Waals surface area contributed by atoms with E-state index in [-0.39, 0.29) is 0 Å². The monoisotopic (exact) mass is 157 g/mol. The average Bonchev–Trinajstić information content (AvgIpc) is 2.01. The van der Waals surface area contributed by atoms with Gasteiger partial charge >= 0.3 is 0 Å². The molecule has 0 heterocycles. The highest BCUT2D eigenvalue weighted by atomic mass is 28.3. The first-order valence-electron chi connectivity index (χ1n) is 4.09. The SMILES string of the molecule is CC[Si](CC)(CC)C[C]=O. The Bertz CT molecular complexity index is 89.2. The normalized spacial score (nSPS) is 11.5.